The van der Waals surface area contributed by atoms with Crippen LogP contribution in [0.1, 0.15) is 6.42 Å². The van der Waals surface area contributed by atoms with Crippen LogP contribution < -0.4 is 0 Å². The fourth-order valence-electron chi connectivity index (χ4n) is 0.393. The summed E-state index contributed by atoms with van der Waals surface area (Å²) in [5.74, 6) is 0. The van der Waals surface area contributed by atoms with E-state index in [0.717, 1.165) is 0 Å². The predicted octanol–water partition coefficient (Wildman–Crippen LogP) is 0.366. The van der Waals surface area contributed by atoms with Crippen molar-refractivity contribution in [2.75, 3.05) is 6.61 Å². The van der Waals surface area contributed by atoms with E-state index in [4.69, 9.17) is 0 Å². The van der Waals surface area contributed by atoms with E-state index in [-0.39, 0.29) is 6.42 Å². The van der Waals surface area contributed by atoms with Gasteiger partial charge >= 0.3 is 0 Å². The highest BCUT2D eigenvalue weighted by Gasteiger charge is 2.22. The molecule has 0 N–H and O–H groups in total. The van der Waals surface area contributed by atoms with E-state index in [1.165, 1.54) is 0 Å². The molecule has 1 rings (SSSR count). The van der Waals surface area contributed by atoms with Gasteiger partial charge in [0, 0.05) is 6.42 Å². The van der Waals surface area contributed by atoms with Crippen molar-refractivity contribution in [2.24, 2.45) is 0 Å². The van der Waals surface area contributed by atoms with E-state index >= 15 is 0 Å². The number of rotatable bonds is 0. The van der Waals surface area contributed by atoms with E-state index in [9.17, 15) is 8.60 Å². The van der Waals surface area contributed by atoms with Gasteiger partial charge in [-0.25, -0.2) is 8.60 Å². The van der Waals surface area contributed by atoms with Crippen molar-refractivity contribution in [3.63, 3.8) is 0 Å². The monoisotopic (exact) mass is 124 g/mol. The Bertz CT molecular complexity index is 94.9. The first-order valence-electron chi connectivity index (χ1n) is 1.98. The van der Waals surface area contributed by atoms with Crippen molar-refractivity contribution in [1.29, 1.82) is 0 Å². The maximum Gasteiger partial charge on any atom is 0.202 e. The summed E-state index contributed by atoms with van der Waals surface area (Å²) in [4.78, 5) is 0. The molecule has 1 heterocycles. The Morgan fingerprint density at radius 3 is 2.71 bits per heavy atom. The fraction of sp³-hybridized carbons (Fsp3) is 1.00. The number of hydrogen-bond donors (Lipinski definition) is 0. The van der Waals surface area contributed by atoms with Crippen LogP contribution in [0.5, 0.6) is 0 Å². The quantitative estimate of drug-likeness (QED) is 0.466. The molecule has 0 spiro atoms. The normalized spacial score (nSPS) is 41.9. The maximum absolute atomic E-state index is 11.9. The Morgan fingerprint density at radius 2 is 2.57 bits per heavy atom. The van der Waals surface area contributed by atoms with E-state index in [1.807, 2.05) is 0 Å². The van der Waals surface area contributed by atoms with Crippen LogP contribution >= 0.6 is 0 Å². The third-order valence-corrected chi connectivity index (χ3v) is 1.81. The van der Waals surface area contributed by atoms with Crippen LogP contribution in [0.15, 0.2) is 0 Å². The fourth-order valence-corrected chi connectivity index (χ4v) is 1.09. The summed E-state index contributed by atoms with van der Waals surface area (Å²) in [6, 6.07) is 0. The molecular formula is C3H5FO2S. The molecule has 0 amide bonds. The molecule has 0 radical (unpaired) electrons. The van der Waals surface area contributed by atoms with Gasteiger partial charge in [0.25, 0.3) is 0 Å². The molecule has 1 aliphatic heterocycles. The molecule has 1 aliphatic rings. The Kier molecular flexibility index (Phi) is 1.39. The molecule has 2 unspecified atom stereocenters. The van der Waals surface area contributed by atoms with Crippen molar-refractivity contribution < 1.29 is 12.8 Å². The lowest BCUT2D eigenvalue weighted by atomic mass is 10.5. The molecular weight excluding hydrogens is 119 g/mol. The highest BCUT2D eigenvalue weighted by molar-refractivity contribution is 7.80. The Labute approximate surface area is 43.3 Å². The minimum absolute atomic E-state index is 0.284. The molecule has 1 saturated heterocycles. The lowest BCUT2D eigenvalue weighted by Gasteiger charge is -1.86. The molecule has 42 valence electrons. The second-order valence-electron chi connectivity index (χ2n) is 1.28. The van der Waals surface area contributed by atoms with Crippen LogP contribution in [0.4, 0.5) is 4.39 Å². The van der Waals surface area contributed by atoms with Gasteiger partial charge in [-0.1, -0.05) is 0 Å². The molecule has 0 saturated carbocycles. The zero-order valence-electron chi connectivity index (χ0n) is 3.59. The number of halogens is 1. The van der Waals surface area contributed by atoms with Crippen LogP contribution in [0.2, 0.25) is 0 Å². The van der Waals surface area contributed by atoms with Gasteiger partial charge in [0.15, 0.2) is 11.1 Å². The van der Waals surface area contributed by atoms with Crippen LogP contribution in [0.25, 0.3) is 0 Å². The van der Waals surface area contributed by atoms with Crippen molar-refractivity contribution in [1.82, 2.24) is 0 Å². The van der Waals surface area contributed by atoms with Crippen LogP contribution in [0.3, 0.4) is 0 Å². The molecule has 4 heteroatoms. The van der Waals surface area contributed by atoms with Gasteiger partial charge in [0.1, 0.15) is 0 Å². The molecule has 2 atom stereocenters. The van der Waals surface area contributed by atoms with Gasteiger partial charge < -0.3 is 0 Å². The minimum Gasteiger partial charge on any atom is -0.288 e. The zero-order valence-corrected chi connectivity index (χ0v) is 4.41. The molecule has 0 aromatic carbocycles. The molecule has 1 fully saturated rings. The minimum atomic E-state index is -1.63. The highest BCUT2D eigenvalue weighted by atomic mass is 32.2. The third-order valence-electron chi connectivity index (χ3n) is 0.753. The average Bonchev–Trinajstić information content (AvgIpc) is 1.91. The first-order valence-corrected chi connectivity index (χ1v) is 3.12. The second-order valence-corrected chi connectivity index (χ2v) is 2.55. The smallest absolute Gasteiger partial charge is 0.202 e. The van der Waals surface area contributed by atoms with Gasteiger partial charge in [-0.05, 0) is 0 Å². The largest absolute Gasteiger partial charge is 0.288 e. The zero-order chi connectivity index (χ0) is 5.28. The molecule has 0 aromatic rings. The standard InChI is InChI=1S/C3H5FO2S/c4-3-1-2-6-7(3)5/h3H,1-2H2. The van der Waals surface area contributed by atoms with Crippen molar-refractivity contribution >= 4 is 11.1 Å². The predicted molar refractivity (Wildman–Crippen MR) is 23.6 cm³/mol. The molecule has 0 aliphatic carbocycles. The van der Waals surface area contributed by atoms with Crippen LogP contribution in [0, 0.1) is 0 Å². The van der Waals surface area contributed by atoms with Crippen LogP contribution in [-0.2, 0) is 15.3 Å². The maximum atomic E-state index is 11.9. The van der Waals surface area contributed by atoms with Gasteiger partial charge in [-0.15, -0.1) is 0 Å². The average molecular weight is 124 g/mol. The molecule has 0 aromatic heterocycles. The topological polar surface area (TPSA) is 26.3 Å². The molecule has 7 heavy (non-hydrogen) atoms. The number of hydrogen-bond acceptors (Lipinski definition) is 2. The first-order chi connectivity index (χ1) is 3.30. The SMILES string of the molecule is O=S1OCCC1F. The summed E-state index contributed by atoms with van der Waals surface area (Å²) in [5, 5.41) is 0. The highest BCUT2D eigenvalue weighted by Crippen LogP contribution is 2.12. The van der Waals surface area contributed by atoms with E-state index in [2.05, 4.69) is 4.18 Å². The van der Waals surface area contributed by atoms with Gasteiger partial charge in [-0.2, -0.15) is 0 Å². The summed E-state index contributed by atoms with van der Waals surface area (Å²) in [7, 11) is 0. The van der Waals surface area contributed by atoms with Gasteiger partial charge in [0.2, 0.25) is 5.50 Å². The summed E-state index contributed by atoms with van der Waals surface area (Å²) in [6.07, 6.45) is 0.284. The Hall–Kier alpha value is 0.0400. The van der Waals surface area contributed by atoms with E-state index in [0.29, 0.717) is 6.61 Å². The lowest BCUT2D eigenvalue weighted by molar-refractivity contribution is 0.370. The van der Waals surface area contributed by atoms with E-state index in [1.54, 1.807) is 0 Å². The Balaban J connectivity index is 2.48. The molecule has 2 nitrogen and oxygen atoms in total. The van der Waals surface area contributed by atoms with Crippen molar-refractivity contribution in [3.8, 4) is 0 Å². The second kappa shape index (κ2) is 1.88. The summed E-state index contributed by atoms with van der Waals surface area (Å²) in [6.45, 7) is 0.299. The lowest BCUT2D eigenvalue weighted by Crippen LogP contribution is -1.97. The van der Waals surface area contributed by atoms with Crippen molar-refractivity contribution in [2.45, 2.75) is 11.9 Å². The first kappa shape index (κ1) is 5.18. The van der Waals surface area contributed by atoms with Gasteiger partial charge in [-0.3, -0.25) is 4.18 Å². The van der Waals surface area contributed by atoms with Gasteiger partial charge in [0.05, 0.1) is 6.61 Å². The number of alkyl halides is 1. The summed E-state index contributed by atoms with van der Waals surface area (Å²) >= 11 is -1.63. The Morgan fingerprint density at radius 1 is 1.86 bits per heavy atom. The summed E-state index contributed by atoms with van der Waals surface area (Å²) in [5.41, 5.74) is -1.24. The molecule has 0 bridgehead atoms. The van der Waals surface area contributed by atoms with E-state index < -0.39 is 16.6 Å². The third kappa shape index (κ3) is 0.978. The summed E-state index contributed by atoms with van der Waals surface area (Å²) < 4.78 is 26.3. The van der Waals surface area contributed by atoms with Crippen LogP contribution in [-0.4, -0.2) is 16.3 Å². The van der Waals surface area contributed by atoms with Crippen molar-refractivity contribution in [3.05, 3.63) is 0 Å².